The van der Waals surface area contributed by atoms with Crippen molar-refractivity contribution in [3.05, 3.63) is 35.1 Å². The molecule has 0 aromatic carbocycles. The first-order chi connectivity index (χ1) is 12.2. The first kappa shape index (κ1) is 15.3. The fourth-order valence-corrected chi connectivity index (χ4v) is 4.43. The van der Waals surface area contributed by atoms with E-state index in [-0.39, 0.29) is 0 Å². The molecule has 1 saturated carbocycles. The summed E-state index contributed by atoms with van der Waals surface area (Å²) >= 11 is 0. The van der Waals surface area contributed by atoms with Gasteiger partial charge < -0.3 is 9.42 Å². The first-order valence-corrected chi connectivity index (χ1v) is 9.38. The van der Waals surface area contributed by atoms with E-state index in [9.17, 15) is 0 Å². The summed E-state index contributed by atoms with van der Waals surface area (Å²) in [5.74, 6) is 4.32. The number of fused-ring (bicyclic) bond motifs is 1. The number of rotatable bonds is 4. The molecule has 2 saturated heterocycles. The Labute approximate surface area is 148 Å². The first-order valence-electron chi connectivity index (χ1n) is 9.38. The largest absolute Gasteiger partial charge is 0.361 e. The number of likely N-dealkylation sites (tertiary alicyclic amines) is 1. The Bertz CT molecular complexity index is 770. The van der Waals surface area contributed by atoms with Gasteiger partial charge in [-0.1, -0.05) is 5.16 Å². The van der Waals surface area contributed by atoms with Gasteiger partial charge >= 0.3 is 0 Å². The minimum atomic E-state index is 0.646. The van der Waals surface area contributed by atoms with Crippen molar-refractivity contribution < 1.29 is 4.52 Å². The molecule has 0 radical (unpaired) electrons. The fourth-order valence-electron chi connectivity index (χ4n) is 4.43. The average Bonchev–Trinajstić information content (AvgIpc) is 3.03. The molecule has 2 atom stereocenters. The maximum atomic E-state index is 5.49. The van der Waals surface area contributed by atoms with E-state index in [4.69, 9.17) is 4.52 Å². The summed E-state index contributed by atoms with van der Waals surface area (Å²) < 4.78 is 5.49. The molecular weight excluding hydrogens is 314 g/mol. The molecule has 0 N–H and O–H groups in total. The van der Waals surface area contributed by atoms with E-state index in [0.717, 1.165) is 67.5 Å². The minimum Gasteiger partial charge on any atom is -0.361 e. The van der Waals surface area contributed by atoms with E-state index < -0.39 is 0 Å². The highest BCUT2D eigenvalue weighted by Gasteiger charge is 2.41. The van der Waals surface area contributed by atoms with Crippen LogP contribution in [0.5, 0.6) is 0 Å². The van der Waals surface area contributed by atoms with Crippen LogP contribution in [0.1, 0.15) is 41.5 Å². The van der Waals surface area contributed by atoms with Gasteiger partial charge in [-0.25, -0.2) is 9.97 Å². The summed E-state index contributed by atoms with van der Waals surface area (Å²) in [6, 6.07) is 2.17. The van der Waals surface area contributed by atoms with Gasteiger partial charge in [0.05, 0.1) is 5.69 Å². The second-order valence-electron chi connectivity index (χ2n) is 8.02. The normalized spacial score (nSPS) is 26.4. The SMILES string of the molecule is Cc1ncnc(N2CC3CN(Cc4cc(C5CC5)on4)CC3C2)c1C. The van der Waals surface area contributed by atoms with Gasteiger partial charge in [-0.2, -0.15) is 0 Å². The second kappa shape index (κ2) is 5.80. The van der Waals surface area contributed by atoms with Crippen molar-refractivity contribution in [1.29, 1.82) is 0 Å². The van der Waals surface area contributed by atoms with Gasteiger partial charge in [0, 0.05) is 56.0 Å². The maximum Gasteiger partial charge on any atom is 0.140 e. The lowest BCUT2D eigenvalue weighted by atomic mass is 10.0. The molecule has 2 aliphatic heterocycles. The predicted molar refractivity (Wildman–Crippen MR) is 94.5 cm³/mol. The predicted octanol–water partition coefficient (Wildman–Crippen LogP) is 2.53. The molecule has 2 aromatic rings. The topological polar surface area (TPSA) is 58.3 Å². The molecule has 25 heavy (non-hydrogen) atoms. The summed E-state index contributed by atoms with van der Waals surface area (Å²) in [5, 5.41) is 4.27. The molecule has 0 amide bonds. The van der Waals surface area contributed by atoms with E-state index in [1.165, 1.54) is 18.4 Å². The van der Waals surface area contributed by atoms with E-state index in [0.29, 0.717) is 5.92 Å². The highest BCUT2D eigenvalue weighted by Crippen LogP contribution is 2.40. The van der Waals surface area contributed by atoms with Crippen LogP contribution in [-0.4, -0.2) is 46.2 Å². The van der Waals surface area contributed by atoms with Crippen molar-refractivity contribution in [3.63, 3.8) is 0 Å². The lowest BCUT2D eigenvalue weighted by molar-refractivity contribution is 0.293. The van der Waals surface area contributed by atoms with Crippen LogP contribution in [0.4, 0.5) is 5.82 Å². The number of hydrogen-bond donors (Lipinski definition) is 0. The smallest absolute Gasteiger partial charge is 0.140 e. The standard InChI is InChI=1S/C19H25N5O/c1-12-13(2)20-11-21-19(12)24-8-15-6-23(7-16(15)9-24)10-17-5-18(25-22-17)14-3-4-14/h5,11,14-16H,3-4,6-10H2,1-2H3. The maximum absolute atomic E-state index is 5.49. The highest BCUT2D eigenvalue weighted by molar-refractivity contribution is 5.48. The van der Waals surface area contributed by atoms with Gasteiger partial charge in [0.1, 0.15) is 17.9 Å². The molecule has 0 bridgehead atoms. The van der Waals surface area contributed by atoms with E-state index in [1.807, 2.05) is 0 Å². The molecule has 2 aromatic heterocycles. The van der Waals surface area contributed by atoms with Crippen LogP contribution in [0.15, 0.2) is 16.9 Å². The Hall–Kier alpha value is -1.95. The molecule has 1 aliphatic carbocycles. The molecular formula is C19H25N5O. The number of anilines is 1. The molecule has 6 heteroatoms. The minimum absolute atomic E-state index is 0.646. The number of nitrogens with zero attached hydrogens (tertiary/aromatic N) is 5. The number of aryl methyl sites for hydroxylation is 1. The van der Waals surface area contributed by atoms with Crippen molar-refractivity contribution in [2.75, 3.05) is 31.1 Å². The molecule has 132 valence electrons. The summed E-state index contributed by atoms with van der Waals surface area (Å²) in [6.45, 7) is 9.62. The summed E-state index contributed by atoms with van der Waals surface area (Å²) in [5.41, 5.74) is 3.40. The Morgan fingerprint density at radius 2 is 1.84 bits per heavy atom. The van der Waals surface area contributed by atoms with Gasteiger partial charge in [0.2, 0.25) is 0 Å². The van der Waals surface area contributed by atoms with Crippen LogP contribution < -0.4 is 4.90 Å². The lowest BCUT2D eigenvalue weighted by Gasteiger charge is -2.23. The van der Waals surface area contributed by atoms with Crippen LogP contribution in [0.25, 0.3) is 0 Å². The van der Waals surface area contributed by atoms with Gasteiger partial charge in [0.25, 0.3) is 0 Å². The molecule has 6 nitrogen and oxygen atoms in total. The van der Waals surface area contributed by atoms with Crippen molar-refractivity contribution in [2.45, 2.75) is 39.2 Å². The van der Waals surface area contributed by atoms with E-state index in [1.54, 1.807) is 6.33 Å². The number of aromatic nitrogens is 3. The molecule has 3 aliphatic rings. The molecule has 2 unspecified atom stereocenters. The van der Waals surface area contributed by atoms with E-state index in [2.05, 4.69) is 44.8 Å². The third-order valence-corrected chi connectivity index (χ3v) is 6.11. The highest BCUT2D eigenvalue weighted by atomic mass is 16.5. The third kappa shape index (κ3) is 2.82. The molecule has 5 rings (SSSR count). The van der Waals surface area contributed by atoms with Crippen LogP contribution in [0.3, 0.4) is 0 Å². The van der Waals surface area contributed by atoms with Crippen LogP contribution in [-0.2, 0) is 6.54 Å². The van der Waals surface area contributed by atoms with Crippen LogP contribution in [0.2, 0.25) is 0 Å². The van der Waals surface area contributed by atoms with Crippen molar-refractivity contribution in [2.24, 2.45) is 11.8 Å². The van der Waals surface area contributed by atoms with Gasteiger partial charge in [-0.3, -0.25) is 4.90 Å². The van der Waals surface area contributed by atoms with Gasteiger partial charge in [-0.15, -0.1) is 0 Å². The lowest BCUT2D eigenvalue weighted by Crippen LogP contribution is -2.29. The van der Waals surface area contributed by atoms with Crippen molar-refractivity contribution >= 4 is 5.82 Å². The van der Waals surface area contributed by atoms with Crippen LogP contribution in [0, 0.1) is 25.7 Å². The molecule has 4 heterocycles. The monoisotopic (exact) mass is 339 g/mol. The zero-order valence-corrected chi connectivity index (χ0v) is 15.0. The van der Waals surface area contributed by atoms with Crippen molar-refractivity contribution in [1.82, 2.24) is 20.0 Å². The van der Waals surface area contributed by atoms with Crippen molar-refractivity contribution in [3.8, 4) is 0 Å². The zero-order valence-electron chi connectivity index (χ0n) is 15.0. The van der Waals surface area contributed by atoms with Gasteiger partial charge in [-0.05, 0) is 38.5 Å². The second-order valence-corrected chi connectivity index (χ2v) is 8.02. The molecule has 0 spiro atoms. The summed E-state index contributed by atoms with van der Waals surface area (Å²) in [4.78, 5) is 13.8. The third-order valence-electron chi connectivity index (χ3n) is 6.11. The number of hydrogen-bond acceptors (Lipinski definition) is 6. The summed E-state index contributed by atoms with van der Waals surface area (Å²) in [6.07, 6.45) is 4.22. The quantitative estimate of drug-likeness (QED) is 0.853. The summed E-state index contributed by atoms with van der Waals surface area (Å²) in [7, 11) is 0. The van der Waals surface area contributed by atoms with Crippen LogP contribution >= 0.6 is 0 Å². The fraction of sp³-hybridized carbons (Fsp3) is 0.632. The molecule has 3 fully saturated rings. The Kier molecular flexibility index (Phi) is 3.55. The zero-order chi connectivity index (χ0) is 17.0. The average molecular weight is 339 g/mol. The Morgan fingerprint density at radius 3 is 2.56 bits per heavy atom. The Balaban J connectivity index is 1.22. The van der Waals surface area contributed by atoms with E-state index >= 15 is 0 Å². The Morgan fingerprint density at radius 1 is 1.08 bits per heavy atom. The van der Waals surface area contributed by atoms with Gasteiger partial charge in [0.15, 0.2) is 0 Å².